The zero-order chi connectivity index (χ0) is 17.0. The highest BCUT2D eigenvalue weighted by Crippen LogP contribution is 2.34. The Hall–Kier alpha value is -3.48. The summed E-state index contributed by atoms with van der Waals surface area (Å²) in [7, 11) is 1.45. The number of fused-ring (bicyclic) bond motifs is 4. The topological polar surface area (TPSA) is 98.0 Å². The Kier molecular flexibility index (Phi) is 2.80. The lowest BCUT2D eigenvalue weighted by molar-refractivity contribution is 0.0695. The molecule has 0 saturated heterocycles. The van der Waals surface area contributed by atoms with Gasteiger partial charge in [0.05, 0.1) is 29.3 Å². The van der Waals surface area contributed by atoms with Gasteiger partial charge in [0, 0.05) is 18.5 Å². The molecule has 3 heterocycles. The summed E-state index contributed by atoms with van der Waals surface area (Å²) in [6, 6.07) is 6.08. The molecule has 7 heteroatoms. The minimum Gasteiger partial charge on any atom is -0.497 e. The average Bonchev–Trinajstić information content (AvgIpc) is 2.94. The number of carboxylic acid groups (broad SMARTS) is 1. The fraction of sp³-hybridized carbons (Fsp3) is 0.0588. The smallest absolute Gasteiger partial charge is 0.338 e. The van der Waals surface area contributed by atoms with Crippen molar-refractivity contribution >= 4 is 23.1 Å². The number of aromatic nitrogens is 2. The predicted molar refractivity (Wildman–Crippen MR) is 82.0 cm³/mol. The molecular weight excluding hydrogens is 312 g/mol. The fourth-order valence-electron chi connectivity index (χ4n) is 3.04. The SMILES string of the molecule is COc1ccn2c3c(c(C(=O)O)c2c1)C(=O)c1cccnc1C3=O. The summed E-state index contributed by atoms with van der Waals surface area (Å²) in [5.41, 5.74) is 0.0585. The van der Waals surface area contributed by atoms with E-state index in [1.165, 1.54) is 42.1 Å². The van der Waals surface area contributed by atoms with Crippen LogP contribution in [-0.4, -0.2) is 39.1 Å². The molecule has 3 aromatic heterocycles. The highest BCUT2D eigenvalue weighted by atomic mass is 16.5. The van der Waals surface area contributed by atoms with Crippen LogP contribution >= 0.6 is 0 Å². The third-order valence-electron chi connectivity index (χ3n) is 4.07. The molecule has 0 bridgehead atoms. The molecule has 0 saturated carbocycles. The molecule has 1 aliphatic carbocycles. The first-order valence-corrected chi connectivity index (χ1v) is 7.04. The molecule has 0 radical (unpaired) electrons. The van der Waals surface area contributed by atoms with E-state index in [1.807, 2.05) is 0 Å². The first-order valence-electron chi connectivity index (χ1n) is 7.04. The molecule has 3 aromatic rings. The number of ketones is 2. The first-order chi connectivity index (χ1) is 11.5. The van der Waals surface area contributed by atoms with E-state index in [0.29, 0.717) is 5.75 Å². The van der Waals surface area contributed by atoms with E-state index in [0.717, 1.165) is 0 Å². The van der Waals surface area contributed by atoms with Gasteiger partial charge < -0.3 is 14.2 Å². The van der Waals surface area contributed by atoms with Crippen molar-refractivity contribution in [1.82, 2.24) is 9.38 Å². The van der Waals surface area contributed by atoms with Crippen molar-refractivity contribution in [3.05, 3.63) is 64.7 Å². The maximum atomic E-state index is 12.8. The van der Waals surface area contributed by atoms with Crippen LogP contribution < -0.4 is 4.74 Å². The molecular formula is C17H10N2O5. The van der Waals surface area contributed by atoms with Crippen molar-refractivity contribution in [1.29, 1.82) is 0 Å². The second kappa shape index (κ2) is 4.76. The van der Waals surface area contributed by atoms with Gasteiger partial charge in [0.1, 0.15) is 17.1 Å². The number of aromatic carboxylic acids is 1. The summed E-state index contributed by atoms with van der Waals surface area (Å²) in [5, 5.41) is 9.61. The van der Waals surface area contributed by atoms with Gasteiger partial charge in [-0.05, 0) is 18.2 Å². The number of carbonyl (C=O) groups excluding carboxylic acids is 2. The van der Waals surface area contributed by atoms with Crippen LogP contribution in [0.5, 0.6) is 5.75 Å². The lowest BCUT2D eigenvalue weighted by Gasteiger charge is -2.14. The van der Waals surface area contributed by atoms with E-state index in [1.54, 1.807) is 6.07 Å². The molecule has 1 N–H and O–H groups in total. The molecule has 24 heavy (non-hydrogen) atoms. The molecule has 0 atom stereocenters. The largest absolute Gasteiger partial charge is 0.497 e. The monoisotopic (exact) mass is 322 g/mol. The van der Waals surface area contributed by atoms with E-state index in [-0.39, 0.29) is 33.6 Å². The molecule has 0 aliphatic heterocycles. The van der Waals surface area contributed by atoms with E-state index < -0.39 is 17.5 Å². The number of nitrogens with zero attached hydrogens (tertiary/aromatic N) is 2. The molecule has 0 amide bonds. The maximum Gasteiger partial charge on any atom is 0.338 e. The summed E-state index contributed by atoms with van der Waals surface area (Å²) >= 11 is 0. The molecule has 0 unspecified atom stereocenters. The van der Waals surface area contributed by atoms with Gasteiger partial charge in [-0.1, -0.05) is 0 Å². The van der Waals surface area contributed by atoms with Gasteiger partial charge in [0.15, 0.2) is 5.78 Å². The van der Waals surface area contributed by atoms with E-state index in [4.69, 9.17) is 4.74 Å². The zero-order valence-corrected chi connectivity index (χ0v) is 12.4. The summed E-state index contributed by atoms with van der Waals surface area (Å²) in [4.78, 5) is 41.4. The van der Waals surface area contributed by atoms with Gasteiger partial charge in [0.2, 0.25) is 5.78 Å². The Labute approximate surface area is 135 Å². The number of rotatable bonds is 2. The van der Waals surface area contributed by atoms with E-state index in [2.05, 4.69) is 4.98 Å². The maximum absolute atomic E-state index is 12.8. The van der Waals surface area contributed by atoms with Crippen molar-refractivity contribution < 1.29 is 24.2 Å². The number of carbonyl (C=O) groups is 3. The normalized spacial score (nSPS) is 12.9. The van der Waals surface area contributed by atoms with Crippen LogP contribution in [0.2, 0.25) is 0 Å². The minimum absolute atomic E-state index is 0.0150. The van der Waals surface area contributed by atoms with Gasteiger partial charge in [-0.2, -0.15) is 0 Å². The number of carboxylic acids is 1. The first kappa shape index (κ1) is 14.1. The molecule has 0 aromatic carbocycles. The van der Waals surface area contributed by atoms with Gasteiger partial charge in [-0.25, -0.2) is 4.79 Å². The quantitative estimate of drug-likeness (QED) is 0.604. The van der Waals surface area contributed by atoms with Crippen LogP contribution in [-0.2, 0) is 0 Å². The number of hydrogen-bond acceptors (Lipinski definition) is 5. The van der Waals surface area contributed by atoms with Crippen molar-refractivity contribution in [3.63, 3.8) is 0 Å². The Bertz CT molecular complexity index is 1060. The van der Waals surface area contributed by atoms with Crippen molar-refractivity contribution in [2.24, 2.45) is 0 Å². The Morgan fingerprint density at radius 3 is 2.75 bits per heavy atom. The molecule has 118 valence electrons. The molecule has 4 rings (SSSR count). The second-order valence-electron chi connectivity index (χ2n) is 5.28. The van der Waals surface area contributed by atoms with Crippen LogP contribution in [0.3, 0.4) is 0 Å². The Balaban J connectivity index is 2.17. The van der Waals surface area contributed by atoms with E-state index >= 15 is 0 Å². The minimum atomic E-state index is -1.28. The second-order valence-corrected chi connectivity index (χ2v) is 5.28. The lowest BCUT2D eigenvalue weighted by atomic mass is 9.89. The number of ether oxygens (including phenoxy) is 1. The van der Waals surface area contributed by atoms with Crippen molar-refractivity contribution in [3.8, 4) is 5.75 Å². The lowest BCUT2D eigenvalue weighted by Crippen LogP contribution is -2.23. The third-order valence-corrected chi connectivity index (χ3v) is 4.07. The summed E-state index contributed by atoms with van der Waals surface area (Å²) in [5.74, 6) is -1.86. The average molecular weight is 322 g/mol. The van der Waals surface area contributed by atoms with Crippen molar-refractivity contribution in [2.75, 3.05) is 7.11 Å². The van der Waals surface area contributed by atoms with Crippen LogP contribution in [0.4, 0.5) is 0 Å². The Morgan fingerprint density at radius 1 is 1.25 bits per heavy atom. The standard InChI is InChI=1S/C17H10N2O5/c1-24-8-4-6-19-10(7-8)11(17(22)23)12-14(19)16(21)13-9(15(12)20)3-2-5-18-13/h2-7H,1H3,(H,22,23). The summed E-state index contributed by atoms with van der Waals surface area (Å²) in [6.07, 6.45) is 2.94. The van der Waals surface area contributed by atoms with Crippen LogP contribution in [0.25, 0.3) is 5.52 Å². The van der Waals surface area contributed by atoms with Gasteiger partial charge >= 0.3 is 5.97 Å². The van der Waals surface area contributed by atoms with Gasteiger partial charge in [-0.15, -0.1) is 0 Å². The Morgan fingerprint density at radius 2 is 2.04 bits per heavy atom. The number of pyridine rings is 2. The highest BCUT2D eigenvalue weighted by molar-refractivity contribution is 6.31. The van der Waals surface area contributed by atoms with Gasteiger partial charge in [0.25, 0.3) is 0 Å². The van der Waals surface area contributed by atoms with Gasteiger partial charge in [-0.3, -0.25) is 14.6 Å². The summed E-state index contributed by atoms with van der Waals surface area (Å²) in [6.45, 7) is 0. The van der Waals surface area contributed by atoms with Crippen LogP contribution in [0.15, 0.2) is 36.7 Å². The molecule has 0 fully saturated rings. The van der Waals surface area contributed by atoms with Crippen LogP contribution in [0, 0.1) is 0 Å². The number of hydrogen-bond donors (Lipinski definition) is 1. The highest BCUT2D eigenvalue weighted by Gasteiger charge is 2.38. The molecule has 0 spiro atoms. The summed E-state index contributed by atoms with van der Waals surface area (Å²) < 4.78 is 6.52. The zero-order valence-electron chi connectivity index (χ0n) is 12.4. The van der Waals surface area contributed by atoms with Crippen LogP contribution in [0.1, 0.15) is 42.5 Å². The fourth-order valence-corrected chi connectivity index (χ4v) is 3.04. The molecule has 1 aliphatic rings. The predicted octanol–water partition coefficient (Wildman–Crippen LogP) is 1.82. The van der Waals surface area contributed by atoms with Crippen molar-refractivity contribution in [2.45, 2.75) is 0 Å². The van der Waals surface area contributed by atoms with E-state index in [9.17, 15) is 19.5 Å². The number of methoxy groups -OCH3 is 1. The third kappa shape index (κ3) is 1.66. The molecule has 7 nitrogen and oxygen atoms in total.